The Hall–Kier alpha value is -2.18. The highest BCUT2D eigenvalue weighted by atomic mass is 35.5. The summed E-state index contributed by atoms with van der Waals surface area (Å²) in [6.07, 6.45) is 2.11. The summed E-state index contributed by atoms with van der Waals surface area (Å²) < 4.78 is 5.50. The first-order valence-corrected chi connectivity index (χ1v) is 8.26. The monoisotopic (exact) mass is 346 g/mol. The van der Waals surface area contributed by atoms with Gasteiger partial charge in [-0.05, 0) is 38.0 Å². The van der Waals surface area contributed by atoms with E-state index < -0.39 is 0 Å². The molecule has 1 aliphatic rings. The van der Waals surface area contributed by atoms with Gasteiger partial charge in [-0.1, -0.05) is 23.7 Å². The molecule has 1 amide bonds. The van der Waals surface area contributed by atoms with Crippen molar-refractivity contribution >= 4 is 29.1 Å². The fourth-order valence-corrected chi connectivity index (χ4v) is 2.71. The maximum atomic E-state index is 12.3. The second-order valence-corrected chi connectivity index (χ2v) is 6.08. The summed E-state index contributed by atoms with van der Waals surface area (Å²) >= 11 is 6.13. The number of nitrogens with zero attached hydrogens (tertiary/aromatic N) is 2. The SMILES string of the molecule is Cc1cc(C(=O)NCC2CCCO2)nc(Nc2ccccc2Cl)n1. The summed E-state index contributed by atoms with van der Waals surface area (Å²) in [5.41, 5.74) is 1.70. The van der Waals surface area contributed by atoms with Crippen molar-refractivity contribution in [2.75, 3.05) is 18.5 Å². The molecule has 2 N–H and O–H groups in total. The minimum atomic E-state index is -0.238. The summed E-state index contributed by atoms with van der Waals surface area (Å²) in [5.74, 6) is 0.101. The van der Waals surface area contributed by atoms with Crippen LogP contribution >= 0.6 is 11.6 Å². The van der Waals surface area contributed by atoms with Gasteiger partial charge in [-0.15, -0.1) is 0 Å². The van der Waals surface area contributed by atoms with Crippen LogP contribution in [0.5, 0.6) is 0 Å². The summed E-state index contributed by atoms with van der Waals surface area (Å²) in [6.45, 7) is 3.07. The average Bonchev–Trinajstić information content (AvgIpc) is 3.08. The minimum absolute atomic E-state index is 0.0950. The Morgan fingerprint density at radius 2 is 2.21 bits per heavy atom. The Bertz CT molecular complexity index is 732. The van der Waals surface area contributed by atoms with Crippen LogP contribution in [0.3, 0.4) is 0 Å². The molecule has 0 spiro atoms. The zero-order valence-electron chi connectivity index (χ0n) is 13.4. The zero-order chi connectivity index (χ0) is 16.9. The van der Waals surface area contributed by atoms with Gasteiger partial charge < -0.3 is 15.4 Å². The van der Waals surface area contributed by atoms with E-state index in [1.807, 2.05) is 25.1 Å². The van der Waals surface area contributed by atoms with Crippen LogP contribution in [0.1, 0.15) is 29.0 Å². The van der Waals surface area contributed by atoms with E-state index >= 15 is 0 Å². The molecule has 0 saturated carbocycles. The third kappa shape index (κ3) is 4.21. The number of aromatic nitrogens is 2. The van der Waals surface area contributed by atoms with E-state index in [0.717, 1.165) is 19.4 Å². The second kappa shape index (κ2) is 7.59. The maximum absolute atomic E-state index is 12.3. The number of carbonyl (C=O) groups excluding carboxylic acids is 1. The van der Waals surface area contributed by atoms with Crippen LogP contribution in [0.25, 0.3) is 0 Å². The number of nitrogens with one attached hydrogen (secondary N) is 2. The van der Waals surface area contributed by atoms with Crippen LogP contribution in [-0.2, 0) is 4.74 Å². The van der Waals surface area contributed by atoms with Crippen LogP contribution < -0.4 is 10.6 Å². The molecule has 1 atom stereocenters. The third-order valence-electron chi connectivity index (χ3n) is 3.72. The van der Waals surface area contributed by atoms with Crippen LogP contribution in [0.4, 0.5) is 11.6 Å². The molecular weight excluding hydrogens is 328 g/mol. The molecule has 1 fully saturated rings. The topological polar surface area (TPSA) is 76.1 Å². The molecule has 3 rings (SSSR count). The number of carbonyl (C=O) groups is 1. The summed E-state index contributed by atoms with van der Waals surface area (Å²) in [5, 5.41) is 6.47. The number of aryl methyl sites for hydroxylation is 1. The van der Waals surface area contributed by atoms with Crippen LogP contribution in [-0.4, -0.2) is 35.1 Å². The standard InChI is InChI=1S/C17H19ClN4O2/c1-11-9-15(16(23)19-10-12-5-4-8-24-12)22-17(20-11)21-14-7-3-2-6-13(14)18/h2-3,6-7,9,12H,4-5,8,10H2,1H3,(H,19,23)(H,20,21,22). The van der Waals surface area contributed by atoms with Crippen molar-refractivity contribution < 1.29 is 9.53 Å². The molecule has 24 heavy (non-hydrogen) atoms. The van der Waals surface area contributed by atoms with Crippen LogP contribution in [0.2, 0.25) is 5.02 Å². The Balaban J connectivity index is 1.71. The van der Waals surface area contributed by atoms with E-state index in [0.29, 0.717) is 34.6 Å². The van der Waals surface area contributed by atoms with Gasteiger partial charge in [-0.2, -0.15) is 0 Å². The molecule has 0 radical (unpaired) electrons. The molecule has 7 heteroatoms. The lowest BCUT2D eigenvalue weighted by molar-refractivity contribution is 0.0853. The Morgan fingerprint density at radius 1 is 1.38 bits per heavy atom. The molecule has 6 nitrogen and oxygen atoms in total. The number of amides is 1. The van der Waals surface area contributed by atoms with Crippen molar-refractivity contribution in [2.45, 2.75) is 25.9 Å². The van der Waals surface area contributed by atoms with Crippen molar-refractivity contribution in [1.82, 2.24) is 15.3 Å². The van der Waals surface area contributed by atoms with E-state index in [9.17, 15) is 4.79 Å². The van der Waals surface area contributed by atoms with Crippen molar-refractivity contribution in [1.29, 1.82) is 0 Å². The van der Waals surface area contributed by atoms with Gasteiger partial charge in [0.25, 0.3) is 5.91 Å². The van der Waals surface area contributed by atoms with Crippen molar-refractivity contribution in [3.8, 4) is 0 Å². The number of hydrogen-bond acceptors (Lipinski definition) is 5. The lowest BCUT2D eigenvalue weighted by Crippen LogP contribution is -2.32. The van der Waals surface area contributed by atoms with Gasteiger partial charge in [-0.25, -0.2) is 9.97 Å². The van der Waals surface area contributed by atoms with E-state index in [2.05, 4.69) is 20.6 Å². The van der Waals surface area contributed by atoms with Crippen LogP contribution in [0.15, 0.2) is 30.3 Å². The highest BCUT2D eigenvalue weighted by Gasteiger charge is 2.18. The molecule has 1 saturated heterocycles. The minimum Gasteiger partial charge on any atom is -0.376 e. The maximum Gasteiger partial charge on any atom is 0.270 e. The summed E-state index contributed by atoms with van der Waals surface area (Å²) in [4.78, 5) is 20.9. The first-order valence-electron chi connectivity index (χ1n) is 7.89. The fourth-order valence-electron chi connectivity index (χ4n) is 2.53. The first-order chi connectivity index (χ1) is 11.6. The lowest BCUT2D eigenvalue weighted by Gasteiger charge is -2.12. The van der Waals surface area contributed by atoms with Gasteiger partial charge in [0, 0.05) is 18.8 Å². The largest absolute Gasteiger partial charge is 0.376 e. The Labute approximate surface area is 145 Å². The molecule has 1 aliphatic heterocycles. The van der Waals surface area contributed by atoms with E-state index in [4.69, 9.17) is 16.3 Å². The first kappa shape index (κ1) is 16.7. The number of para-hydroxylation sites is 1. The highest BCUT2D eigenvalue weighted by Crippen LogP contribution is 2.23. The lowest BCUT2D eigenvalue weighted by atomic mass is 10.2. The molecule has 1 aromatic carbocycles. The van der Waals surface area contributed by atoms with Gasteiger partial charge >= 0.3 is 0 Å². The second-order valence-electron chi connectivity index (χ2n) is 5.67. The summed E-state index contributed by atoms with van der Waals surface area (Å²) in [7, 11) is 0. The zero-order valence-corrected chi connectivity index (χ0v) is 14.1. The molecular formula is C17H19ClN4O2. The van der Waals surface area contributed by atoms with Gasteiger partial charge in [0.1, 0.15) is 5.69 Å². The molecule has 1 aromatic heterocycles. The number of halogens is 1. The van der Waals surface area contributed by atoms with Gasteiger partial charge in [0.15, 0.2) is 0 Å². The average molecular weight is 347 g/mol. The molecule has 126 valence electrons. The number of hydrogen-bond donors (Lipinski definition) is 2. The summed E-state index contributed by atoms with van der Waals surface area (Å²) in [6, 6.07) is 8.95. The number of anilines is 2. The molecule has 0 bridgehead atoms. The molecule has 2 aromatic rings. The third-order valence-corrected chi connectivity index (χ3v) is 4.05. The number of benzene rings is 1. The van der Waals surface area contributed by atoms with E-state index in [1.165, 1.54) is 0 Å². The predicted octanol–water partition coefficient (Wildman–Crippen LogP) is 3.09. The van der Waals surface area contributed by atoms with Crippen LogP contribution in [0, 0.1) is 6.92 Å². The smallest absolute Gasteiger partial charge is 0.270 e. The molecule has 0 aliphatic carbocycles. The van der Waals surface area contributed by atoms with E-state index in [1.54, 1.807) is 12.1 Å². The Morgan fingerprint density at radius 3 is 2.96 bits per heavy atom. The quantitative estimate of drug-likeness (QED) is 0.870. The van der Waals surface area contributed by atoms with Crippen molar-refractivity contribution in [3.63, 3.8) is 0 Å². The van der Waals surface area contributed by atoms with Crippen molar-refractivity contribution in [3.05, 3.63) is 46.7 Å². The van der Waals surface area contributed by atoms with Crippen molar-refractivity contribution in [2.24, 2.45) is 0 Å². The van der Waals surface area contributed by atoms with Gasteiger partial charge in [0.2, 0.25) is 5.95 Å². The molecule has 2 heterocycles. The number of ether oxygens (including phenoxy) is 1. The van der Waals surface area contributed by atoms with E-state index in [-0.39, 0.29) is 12.0 Å². The molecule has 1 unspecified atom stereocenters. The fraction of sp³-hybridized carbons (Fsp3) is 0.353. The highest BCUT2D eigenvalue weighted by molar-refractivity contribution is 6.33. The number of rotatable bonds is 5. The normalized spacial score (nSPS) is 16.8. The van der Waals surface area contributed by atoms with Gasteiger partial charge in [-0.3, -0.25) is 4.79 Å². The Kier molecular flexibility index (Phi) is 5.27. The van der Waals surface area contributed by atoms with Gasteiger partial charge in [0.05, 0.1) is 16.8 Å². The predicted molar refractivity (Wildman–Crippen MR) is 92.8 cm³/mol.